The Kier molecular flexibility index (Phi) is 10.4. The largest absolute Gasteiger partial charge is 0.497 e. The van der Waals surface area contributed by atoms with Gasteiger partial charge < -0.3 is 20.7 Å². The van der Waals surface area contributed by atoms with Gasteiger partial charge >= 0.3 is 0 Å². The van der Waals surface area contributed by atoms with Gasteiger partial charge in [-0.1, -0.05) is 62.1 Å². The number of hydrogen-bond acceptors (Lipinski definition) is 4. The topological polar surface area (TPSA) is 102 Å². The summed E-state index contributed by atoms with van der Waals surface area (Å²) in [5, 5.41) is 3.06. The molecule has 0 unspecified atom stereocenters. The predicted molar refractivity (Wildman–Crippen MR) is 157 cm³/mol. The number of carbonyl (C=O) groups excluding carboxylic acids is 3. The minimum atomic E-state index is -0.615. The average Bonchev–Trinajstić information content (AvgIpc) is 3.42. The van der Waals surface area contributed by atoms with E-state index in [1.165, 1.54) is 0 Å². The van der Waals surface area contributed by atoms with Gasteiger partial charge in [-0.25, -0.2) is 0 Å². The summed E-state index contributed by atoms with van der Waals surface area (Å²) in [5.74, 6) is -0.746. The summed E-state index contributed by atoms with van der Waals surface area (Å²) in [4.78, 5) is 41.6. The molecule has 7 nitrogen and oxygen atoms in total. The van der Waals surface area contributed by atoms with Gasteiger partial charge in [0.05, 0.1) is 18.9 Å². The Morgan fingerprint density at radius 2 is 1.77 bits per heavy atom. The van der Waals surface area contributed by atoms with Crippen molar-refractivity contribution in [2.45, 2.75) is 70.4 Å². The second kappa shape index (κ2) is 14.1. The maximum atomic E-state index is 13.7. The minimum absolute atomic E-state index is 0.0698. The molecule has 214 valence electrons. The van der Waals surface area contributed by atoms with Crippen LogP contribution in [0, 0.1) is 17.8 Å². The van der Waals surface area contributed by atoms with Gasteiger partial charge in [0.25, 0.3) is 0 Å². The maximum absolute atomic E-state index is 13.7. The zero-order valence-electron chi connectivity index (χ0n) is 23.6. The fraction of sp³-hybridized carbons (Fsp3) is 0.485. The lowest BCUT2D eigenvalue weighted by atomic mass is 9.80. The van der Waals surface area contributed by atoms with Gasteiger partial charge in [-0.3, -0.25) is 14.4 Å². The molecule has 1 aliphatic heterocycles. The Labute approximate surface area is 238 Å². The number of carbonyl (C=O) groups is 3. The molecule has 0 bridgehead atoms. The van der Waals surface area contributed by atoms with E-state index in [-0.39, 0.29) is 11.8 Å². The van der Waals surface area contributed by atoms with Crippen molar-refractivity contribution < 1.29 is 19.1 Å². The standard InChI is InChI=1S/C33H43N3O4/c1-3-9-28(31(34)37)29(21-23-10-4-5-11-23)32(38)35-30-14-6-7-19-36(33(30)39)22-24-12-8-13-26(20-24)25-15-17-27(40-2)18-16-25/h3,8,12-13,15-18,20,23,28-30H,1,4-7,9-11,14,19,21-22H2,2H3,(H2,34,37)(H,35,38)/t28-,29+,30-/m0/s1. The SMILES string of the molecule is C=CC[C@H](C(N)=O)[C@@H](CC1CCCC1)C(=O)N[C@H]1CCCCN(Cc2cccc(-c3ccc(OC)cc3)c2)C1=O. The van der Waals surface area contributed by atoms with Crippen molar-refractivity contribution >= 4 is 17.7 Å². The number of ether oxygens (including phenoxy) is 1. The molecule has 1 saturated heterocycles. The number of allylic oxidation sites excluding steroid dienone is 1. The van der Waals surface area contributed by atoms with Gasteiger partial charge in [-0.15, -0.1) is 6.58 Å². The Bertz CT molecular complexity index is 1170. The molecular weight excluding hydrogens is 502 g/mol. The van der Waals surface area contributed by atoms with E-state index in [9.17, 15) is 14.4 Å². The van der Waals surface area contributed by atoms with Crippen LogP contribution in [0.25, 0.3) is 11.1 Å². The first-order valence-corrected chi connectivity index (χ1v) is 14.6. The lowest BCUT2D eigenvalue weighted by molar-refractivity contribution is -0.139. The summed E-state index contributed by atoms with van der Waals surface area (Å²) in [6.45, 7) is 4.89. The van der Waals surface area contributed by atoms with Crippen LogP contribution in [0.5, 0.6) is 5.75 Å². The maximum Gasteiger partial charge on any atom is 0.245 e. The number of likely N-dealkylation sites (tertiary alicyclic amines) is 1. The van der Waals surface area contributed by atoms with Crippen LogP contribution in [-0.4, -0.2) is 42.3 Å². The van der Waals surface area contributed by atoms with E-state index in [4.69, 9.17) is 10.5 Å². The molecular formula is C33H43N3O4. The van der Waals surface area contributed by atoms with E-state index in [2.05, 4.69) is 24.0 Å². The summed E-state index contributed by atoms with van der Waals surface area (Å²) in [7, 11) is 1.65. The van der Waals surface area contributed by atoms with Gasteiger partial charge in [-0.05, 0) is 72.9 Å². The third-order valence-corrected chi connectivity index (χ3v) is 8.49. The third-order valence-electron chi connectivity index (χ3n) is 8.49. The van der Waals surface area contributed by atoms with Crippen molar-refractivity contribution in [3.63, 3.8) is 0 Å². The van der Waals surface area contributed by atoms with Crippen LogP contribution in [0.1, 0.15) is 63.4 Å². The summed E-state index contributed by atoms with van der Waals surface area (Å²) < 4.78 is 5.27. The number of hydrogen-bond donors (Lipinski definition) is 2. The molecule has 1 saturated carbocycles. The molecule has 2 fully saturated rings. The third kappa shape index (κ3) is 7.52. The molecule has 0 radical (unpaired) electrons. The fourth-order valence-corrected chi connectivity index (χ4v) is 6.25. The number of nitrogens with zero attached hydrogens (tertiary/aromatic N) is 1. The van der Waals surface area contributed by atoms with Crippen molar-refractivity contribution in [3.05, 3.63) is 66.7 Å². The summed E-state index contributed by atoms with van der Waals surface area (Å²) in [5.41, 5.74) is 8.93. The Morgan fingerprint density at radius 3 is 2.45 bits per heavy atom. The molecule has 4 rings (SSSR count). The molecule has 1 heterocycles. The molecule has 2 aromatic carbocycles. The van der Waals surface area contributed by atoms with Crippen LogP contribution < -0.4 is 15.8 Å². The number of benzene rings is 2. The number of primary amides is 1. The summed E-state index contributed by atoms with van der Waals surface area (Å²) >= 11 is 0. The van der Waals surface area contributed by atoms with Crippen molar-refractivity contribution in [2.24, 2.45) is 23.5 Å². The lowest BCUT2D eigenvalue weighted by Gasteiger charge is -2.29. The Balaban J connectivity index is 1.47. The average molecular weight is 546 g/mol. The van der Waals surface area contributed by atoms with Crippen molar-refractivity contribution in [2.75, 3.05) is 13.7 Å². The smallest absolute Gasteiger partial charge is 0.245 e. The number of nitrogens with two attached hydrogens (primary N) is 1. The van der Waals surface area contributed by atoms with E-state index in [1.807, 2.05) is 41.3 Å². The van der Waals surface area contributed by atoms with Gasteiger partial charge in [0.15, 0.2) is 0 Å². The van der Waals surface area contributed by atoms with E-state index in [1.54, 1.807) is 13.2 Å². The second-order valence-corrected chi connectivity index (χ2v) is 11.3. The molecule has 2 aromatic rings. The zero-order valence-corrected chi connectivity index (χ0v) is 23.6. The van der Waals surface area contributed by atoms with Crippen LogP contribution >= 0.6 is 0 Å². The van der Waals surface area contributed by atoms with Crippen molar-refractivity contribution in [1.29, 1.82) is 0 Å². The molecule has 3 atom stereocenters. The highest BCUT2D eigenvalue weighted by Crippen LogP contribution is 2.34. The van der Waals surface area contributed by atoms with Gasteiger partial charge in [0, 0.05) is 13.1 Å². The second-order valence-electron chi connectivity index (χ2n) is 11.3. The first-order valence-electron chi connectivity index (χ1n) is 14.6. The number of nitrogens with one attached hydrogen (secondary N) is 1. The highest BCUT2D eigenvalue weighted by atomic mass is 16.5. The Hall–Kier alpha value is -3.61. The molecule has 3 N–H and O–H groups in total. The highest BCUT2D eigenvalue weighted by Gasteiger charge is 2.37. The number of amides is 3. The van der Waals surface area contributed by atoms with E-state index in [0.29, 0.717) is 38.3 Å². The lowest BCUT2D eigenvalue weighted by Crippen LogP contribution is -2.50. The quantitative estimate of drug-likeness (QED) is 0.357. The van der Waals surface area contributed by atoms with Crippen molar-refractivity contribution in [1.82, 2.24) is 10.2 Å². The summed E-state index contributed by atoms with van der Waals surface area (Å²) in [6.07, 6.45) is 9.37. The molecule has 7 heteroatoms. The van der Waals surface area contributed by atoms with Crippen molar-refractivity contribution in [3.8, 4) is 16.9 Å². The van der Waals surface area contributed by atoms with Gasteiger partial charge in [-0.2, -0.15) is 0 Å². The normalized spacial score (nSPS) is 19.5. The van der Waals surface area contributed by atoms with Gasteiger partial charge in [0.2, 0.25) is 17.7 Å². The van der Waals surface area contributed by atoms with Crippen LogP contribution in [0.2, 0.25) is 0 Å². The first-order chi connectivity index (χ1) is 19.4. The molecule has 1 aliphatic carbocycles. The molecule has 0 aromatic heterocycles. The number of rotatable bonds is 12. The molecule has 2 aliphatic rings. The molecule has 0 spiro atoms. The summed E-state index contributed by atoms with van der Waals surface area (Å²) in [6, 6.07) is 15.5. The number of methoxy groups -OCH3 is 1. The zero-order chi connectivity index (χ0) is 28.5. The van der Waals surface area contributed by atoms with E-state index in [0.717, 1.165) is 61.0 Å². The molecule has 40 heavy (non-hydrogen) atoms. The molecule has 3 amide bonds. The van der Waals surface area contributed by atoms with Crippen LogP contribution in [0.4, 0.5) is 0 Å². The predicted octanol–water partition coefficient (Wildman–Crippen LogP) is 5.23. The first kappa shape index (κ1) is 29.4. The van der Waals surface area contributed by atoms with Crippen LogP contribution in [-0.2, 0) is 20.9 Å². The fourth-order valence-electron chi connectivity index (χ4n) is 6.25. The monoisotopic (exact) mass is 545 g/mol. The van der Waals surface area contributed by atoms with Crippen LogP contribution in [0.3, 0.4) is 0 Å². The van der Waals surface area contributed by atoms with Gasteiger partial charge in [0.1, 0.15) is 11.8 Å². The minimum Gasteiger partial charge on any atom is -0.497 e. The van der Waals surface area contributed by atoms with E-state index >= 15 is 0 Å². The van der Waals surface area contributed by atoms with E-state index < -0.39 is 23.8 Å². The Morgan fingerprint density at radius 1 is 1.05 bits per heavy atom. The van der Waals surface area contributed by atoms with Crippen LogP contribution in [0.15, 0.2) is 61.2 Å². The highest BCUT2D eigenvalue weighted by molar-refractivity contribution is 5.91.